The highest BCUT2D eigenvalue weighted by atomic mass is 16.5. The van der Waals surface area contributed by atoms with Crippen LogP contribution >= 0.6 is 0 Å². The molecule has 0 amide bonds. The molecule has 1 heterocycles. The van der Waals surface area contributed by atoms with Crippen molar-refractivity contribution in [2.75, 3.05) is 13.2 Å². The predicted molar refractivity (Wildman–Crippen MR) is 74.4 cm³/mol. The number of hydrogen-bond acceptors (Lipinski definition) is 2. The maximum Gasteiger partial charge on any atom is 0.0728 e. The summed E-state index contributed by atoms with van der Waals surface area (Å²) in [4.78, 5) is 0. The van der Waals surface area contributed by atoms with Crippen molar-refractivity contribution in [2.45, 2.75) is 78.4 Å². The fourth-order valence-electron chi connectivity index (χ4n) is 2.62. The lowest BCUT2D eigenvalue weighted by Crippen LogP contribution is -2.43. The molecule has 0 spiro atoms. The van der Waals surface area contributed by atoms with E-state index in [0.717, 1.165) is 13.2 Å². The molecule has 2 nitrogen and oxygen atoms in total. The zero-order valence-corrected chi connectivity index (χ0v) is 12.2. The quantitative estimate of drug-likeness (QED) is 0.764. The minimum atomic E-state index is 0.462. The highest BCUT2D eigenvalue weighted by Crippen LogP contribution is 2.24. The van der Waals surface area contributed by atoms with E-state index in [9.17, 15) is 0 Å². The number of ether oxygens (including phenoxy) is 1. The first-order chi connectivity index (χ1) is 8.03. The topological polar surface area (TPSA) is 21.3 Å². The maximum absolute atomic E-state index is 5.91. The van der Waals surface area contributed by atoms with E-state index in [2.05, 4.69) is 33.0 Å². The Kier molecular flexibility index (Phi) is 6.50. The molecule has 0 aromatic rings. The second kappa shape index (κ2) is 7.38. The zero-order chi connectivity index (χ0) is 12.7. The van der Waals surface area contributed by atoms with Gasteiger partial charge in [0.05, 0.1) is 6.10 Å². The monoisotopic (exact) mass is 241 g/mol. The summed E-state index contributed by atoms with van der Waals surface area (Å²) in [6.45, 7) is 11.2. The minimum absolute atomic E-state index is 0.462. The number of rotatable bonds is 6. The Hall–Kier alpha value is -0.0800. The van der Waals surface area contributed by atoms with Crippen molar-refractivity contribution < 1.29 is 4.74 Å². The average Bonchev–Trinajstić information content (AvgIpc) is 2.27. The third-order valence-electron chi connectivity index (χ3n) is 3.57. The lowest BCUT2D eigenvalue weighted by molar-refractivity contribution is -0.00980. The van der Waals surface area contributed by atoms with Crippen LogP contribution in [-0.4, -0.2) is 25.3 Å². The second-order valence-electron chi connectivity index (χ2n) is 6.52. The fourth-order valence-corrected chi connectivity index (χ4v) is 2.62. The second-order valence-corrected chi connectivity index (χ2v) is 6.52. The summed E-state index contributed by atoms with van der Waals surface area (Å²) in [6, 6.07) is 0.572. The molecule has 1 aliphatic heterocycles. The smallest absolute Gasteiger partial charge is 0.0728 e. The van der Waals surface area contributed by atoms with Crippen LogP contribution in [0, 0.1) is 5.41 Å². The highest BCUT2D eigenvalue weighted by molar-refractivity contribution is 4.79. The number of likely N-dealkylation sites (N-methyl/N-ethyl adjacent to an activating group) is 1. The standard InChI is InChI=1S/C15H31NO/c1-5-16-13(9-8-11-15(2,3)4)14-10-6-7-12-17-14/h13-14,16H,5-12H2,1-4H3. The Morgan fingerprint density at radius 3 is 2.59 bits per heavy atom. The van der Waals surface area contributed by atoms with Crippen molar-refractivity contribution in [1.82, 2.24) is 5.32 Å². The number of nitrogens with one attached hydrogen (secondary N) is 1. The van der Waals surface area contributed by atoms with Gasteiger partial charge in [-0.3, -0.25) is 0 Å². The molecule has 0 aromatic heterocycles. The van der Waals surface area contributed by atoms with Crippen LogP contribution in [0.5, 0.6) is 0 Å². The minimum Gasteiger partial charge on any atom is -0.377 e. The highest BCUT2D eigenvalue weighted by Gasteiger charge is 2.23. The molecule has 17 heavy (non-hydrogen) atoms. The van der Waals surface area contributed by atoms with Crippen LogP contribution < -0.4 is 5.32 Å². The largest absolute Gasteiger partial charge is 0.377 e. The molecule has 2 heteroatoms. The Morgan fingerprint density at radius 1 is 1.29 bits per heavy atom. The first kappa shape index (κ1) is 15.0. The van der Waals surface area contributed by atoms with E-state index in [0.29, 0.717) is 17.6 Å². The van der Waals surface area contributed by atoms with Crippen molar-refractivity contribution in [3.8, 4) is 0 Å². The first-order valence-corrected chi connectivity index (χ1v) is 7.38. The SMILES string of the molecule is CCNC(CCCC(C)(C)C)C1CCCCO1. The molecular weight excluding hydrogens is 210 g/mol. The van der Waals surface area contributed by atoms with Crippen LogP contribution in [-0.2, 0) is 4.74 Å². The Bertz CT molecular complexity index is 192. The fraction of sp³-hybridized carbons (Fsp3) is 1.00. The predicted octanol–water partition coefficient (Wildman–Crippen LogP) is 3.75. The van der Waals surface area contributed by atoms with Gasteiger partial charge in [-0.25, -0.2) is 0 Å². The van der Waals surface area contributed by atoms with E-state index in [1.807, 2.05) is 0 Å². The molecule has 102 valence electrons. The van der Waals surface area contributed by atoms with Crippen molar-refractivity contribution in [2.24, 2.45) is 5.41 Å². The van der Waals surface area contributed by atoms with E-state index >= 15 is 0 Å². The summed E-state index contributed by atoms with van der Waals surface area (Å²) in [5, 5.41) is 3.61. The van der Waals surface area contributed by atoms with Gasteiger partial charge in [0.1, 0.15) is 0 Å². The maximum atomic E-state index is 5.91. The molecule has 2 atom stereocenters. The Balaban J connectivity index is 2.31. The summed E-state index contributed by atoms with van der Waals surface area (Å²) in [6.07, 6.45) is 8.16. The molecule has 0 aliphatic carbocycles. The molecule has 0 bridgehead atoms. The molecule has 1 saturated heterocycles. The molecule has 0 radical (unpaired) electrons. The Labute approximate surface area is 108 Å². The van der Waals surface area contributed by atoms with E-state index in [4.69, 9.17) is 4.74 Å². The van der Waals surface area contributed by atoms with Crippen LogP contribution in [0.2, 0.25) is 0 Å². The first-order valence-electron chi connectivity index (χ1n) is 7.38. The number of hydrogen-bond donors (Lipinski definition) is 1. The average molecular weight is 241 g/mol. The molecule has 0 aromatic carbocycles. The van der Waals surface area contributed by atoms with Gasteiger partial charge in [-0.15, -0.1) is 0 Å². The molecule has 0 saturated carbocycles. The van der Waals surface area contributed by atoms with Crippen LogP contribution in [0.15, 0.2) is 0 Å². The normalized spacial score (nSPS) is 23.6. The van der Waals surface area contributed by atoms with Crippen LogP contribution in [0.1, 0.15) is 66.2 Å². The molecule has 2 unspecified atom stereocenters. The van der Waals surface area contributed by atoms with Gasteiger partial charge >= 0.3 is 0 Å². The third-order valence-corrected chi connectivity index (χ3v) is 3.57. The van der Waals surface area contributed by atoms with Crippen LogP contribution in [0.3, 0.4) is 0 Å². The van der Waals surface area contributed by atoms with Crippen molar-refractivity contribution in [3.05, 3.63) is 0 Å². The summed E-state index contributed by atoms with van der Waals surface area (Å²) in [5.41, 5.74) is 0.462. The summed E-state index contributed by atoms with van der Waals surface area (Å²) < 4.78 is 5.91. The lowest BCUT2D eigenvalue weighted by atomic mass is 9.87. The molecule has 1 aliphatic rings. The molecule has 1 rings (SSSR count). The van der Waals surface area contributed by atoms with Gasteiger partial charge in [0, 0.05) is 12.6 Å². The van der Waals surface area contributed by atoms with Gasteiger partial charge < -0.3 is 10.1 Å². The summed E-state index contributed by atoms with van der Waals surface area (Å²) in [7, 11) is 0. The van der Waals surface area contributed by atoms with Crippen molar-refractivity contribution in [3.63, 3.8) is 0 Å². The van der Waals surface area contributed by atoms with Gasteiger partial charge in [-0.2, -0.15) is 0 Å². The third kappa shape index (κ3) is 6.42. The summed E-state index contributed by atoms with van der Waals surface area (Å²) in [5.74, 6) is 0. The summed E-state index contributed by atoms with van der Waals surface area (Å²) >= 11 is 0. The Morgan fingerprint density at radius 2 is 2.06 bits per heavy atom. The van der Waals surface area contributed by atoms with E-state index in [1.165, 1.54) is 38.5 Å². The lowest BCUT2D eigenvalue weighted by Gasteiger charge is -2.31. The van der Waals surface area contributed by atoms with Gasteiger partial charge in [-0.1, -0.05) is 34.1 Å². The van der Waals surface area contributed by atoms with E-state index < -0.39 is 0 Å². The zero-order valence-electron chi connectivity index (χ0n) is 12.2. The van der Waals surface area contributed by atoms with Crippen molar-refractivity contribution >= 4 is 0 Å². The van der Waals surface area contributed by atoms with Gasteiger partial charge in [0.15, 0.2) is 0 Å². The van der Waals surface area contributed by atoms with Gasteiger partial charge in [0.2, 0.25) is 0 Å². The van der Waals surface area contributed by atoms with Crippen LogP contribution in [0.4, 0.5) is 0 Å². The molecular formula is C15H31NO. The van der Waals surface area contributed by atoms with Gasteiger partial charge in [0.25, 0.3) is 0 Å². The molecule has 1 N–H and O–H groups in total. The van der Waals surface area contributed by atoms with Crippen molar-refractivity contribution in [1.29, 1.82) is 0 Å². The van der Waals surface area contributed by atoms with Gasteiger partial charge in [-0.05, 0) is 44.1 Å². The van der Waals surface area contributed by atoms with E-state index in [-0.39, 0.29) is 0 Å². The molecule has 1 fully saturated rings. The van der Waals surface area contributed by atoms with Crippen LogP contribution in [0.25, 0.3) is 0 Å². The van der Waals surface area contributed by atoms with E-state index in [1.54, 1.807) is 0 Å².